The van der Waals surface area contributed by atoms with Crippen LogP contribution in [-0.4, -0.2) is 29.9 Å². The standard InChI is InChI=1S/C10H21N3O/c1-2-3-7-13(9-4-5-9)8-6-10(14)12-11/h9H,2-8,11H2,1H3,(H,12,14). The molecule has 1 aliphatic carbocycles. The molecule has 4 nitrogen and oxygen atoms in total. The molecule has 3 N–H and O–H groups in total. The first-order chi connectivity index (χ1) is 6.77. The number of hydrazine groups is 1. The summed E-state index contributed by atoms with van der Waals surface area (Å²) in [6, 6.07) is 0.743. The molecule has 14 heavy (non-hydrogen) atoms. The number of nitrogens with two attached hydrogens (primary N) is 1. The van der Waals surface area contributed by atoms with E-state index in [1.807, 2.05) is 0 Å². The minimum Gasteiger partial charge on any atom is -0.300 e. The molecule has 1 amide bonds. The Hall–Kier alpha value is -0.610. The summed E-state index contributed by atoms with van der Waals surface area (Å²) in [6.07, 6.45) is 5.56. The van der Waals surface area contributed by atoms with Crippen LogP contribution in [0, 0.1) is 0 Å². The van der Waals surface area contributed by atoms with Crippen molar-refractivity contribution >= 4 is 5.91 Å². The lowest BCUT2D eigenvalue weighted by atomic mass is 10.3. The van der Waals surface area contributed by atoms with Crippen molar-refractivity contribution in [1.82, 2.24) is 10.3 Å². The van der Waals surface area contributed by atoms with Crippen LogP contribution in [0.1, 0.15) is 39.0 Å². The molecule has 1 aliphatic rings. The average molecular weight is 199 g/mol. The van der Waals surface area contributed by atoms with Crippen molar-refractivity contribution in [2.45, 2.75) is 45.1 Å². The monoisotopic (exact) mass is 199 g/mol. The number of nitrogens with zero attached hydrogens (tertiary/aromatic N) is 1. The van der Waals surface area contributed by atoms with Crippen LogP contribution in [0.4, 0.5) is 0 Å². The smallest absolute Gasteiger partial charge is 0.235 e. The highest BCUT2D eigenvalue weighted by molar-refractivity contribution is 5.75. The summed E-state index contributed by atoms with van der Waals surface area (Å²) >= 11 is 0. The summed E-state index contributed by atoms with van der Waals surface area (Å²) in [5, 5.41) is 0. The second-order valence-electron chi connectivity index (χ2n) is 3.94. The highest BCUT2D eigenvalue weighted by Gasteiger charge is 2.28. The molecule has 82 valence electrons. The van der Waals surface area contributed by atoms with Gasteiger partial charge in [0.15, 0.2) is 0 Å². The molecule has 0 bridgehead atoms. The lowest BCUT2D eigenvalue weighted by molar-refractivity contribution is -0.121. The second kappa shape index (κ2) is 5.98. The number of amides is 1. The zero-order chi connectivity index (χ0) is 10.4. The third-order valence-electron chi connectivity index (χ3n) is 2.65. The summed E-state index contributed by atoms with van der Waals surface area (Å²) < 4.78 is 0. The minimum atomic E-state index is -0.0628. The molecule has 1 saturated carbocycles. The van der Waals surface area contributed by atoms with Crippen molar-refractivity contribution in [1.29, 1.82) is 0 Å². The lowest BCUT2D eigenvalue weighted by Gasteiger charge is -2.20. The van der Waals surface area contributed by atoms with Crippen molar-refractivity contribution in [2.75, 3.05) is 13.1 Å². The van der Waals surface area contributed by atoms with Crippen LogP contribution in [0.5, 0.6) is 0 Å². The van der Waals surface area contributed by atoms with Crippen LogP contribution < -0.4 is 11.3 Å². The van der Waals surface area contributed by atoms with Gasteiger partial charge in [-0.15, -0.1) is 0 Å². The summed E-state index contributed by atoms with van der Waals surface area (Å²) in [4.78, 5) is 13.4. The van der Waals surface area contributed by atoms with Gasteiger partial charge in [-0.3, -0.25) is 15.1 Å². The number of rotatable bonds is 7. The first-order valence-corrected chi connectivity index (χ1v) is 5.51. The zero-order valence-electron chi connectivity index (χ0n) is 8.96. The maximum atomic E-state index is 11.0. The molecule has 0 aromatic rings. The highest BCUT2D eigenvalue weighted by Crippen LogP contribution is 2.27. The zero-order valence-corrected chi connectivity index (χ0v) is 8.96. The third kappa shape index (κ3) is 4.07. The van der Waals surface area contributed by atoms with E-state index in [0.29, 0.717) is 6.42 Å². The van der Waals surface area contributed by atoms with Crippen LogP contribution >= 0.6 is 0 Å². The second-order valence-corrected chi connectivity index (χ2v) is 3.94. The molecule has 0 aliphatic heterocycles. The molecule has 0 saturated heterocycles. The van der Waals surface area contributed by atoms with Crippen LogP contribution in [0.3, 0.4) is 0 Å². The molecule has 0 spiro atoms. The fraction of sp³-hybridized carbons (Fsp3) is 0.900. The van der Waals surface area contributed by atoms with Gasteiger partial charge in [0.05, 0.1) is 0 Å². The number of nitrogens with one attached hydrogen (secondary N) is 1. The largest absolute Gasteiger partial charge is 0.300 e. The first kappa shape index (κ1) is 11.5. The van der Waals surface area contributed by atoms with Crippen LogP contribution in [-0.2, 0) is 4.79 Å². The van der Waals surface area contributed by atoms with Crippen LogP contribution in [0.2, 0.25) is 0 Å². The van der Waals surface area contributed by atoms with Crippen molar-refractivity contribution in [2.24, 2.45) is 5.84 Å². The topological polar surface area (TPSA) is 58.4 Å². The molecule has 1 rings (SSSR count). The van der Waals surface area contributed by atoms with Gasteiger partial charge in [0.1, 0.15) is 0 Å². The van der Waals surface area contributed by atoms with Crippen molar-refractivity contribution in [3.63, 3.8) is 0 Å². The summed E-state index contributed by atoms with van der Waals surface area (Å²) in [7, 11) is 0. The van der Waals surface area contributed by atoms with Gasteiger partial charge in [-0.05, 0) is 25.8 Å². The van der Waals surface area contributed by atoms with E-state index in [0.717, 1.165) is 19.1 Å². The van der Waals surface area contributed by atoms with Gasteiger partial charge >= 0.3 is 0 Å². The predicted molar refractivity (Wildman–Crippen MR) is 56.5 cm³/mol. The quantitative estimate of drug-likeness (QED) is 0.359. The average Bonchev–Trinajstić information content (AvgIpc) is 3.01. The fourth-order valence-corrected chi connectivity index (χ4v) is 1.60. The van der Waals surface area contributed by atoms with Gasteiger partial charge in [0.25, 0.3) is 0 Å². The van der Waals surface area contributed by atoms with Crippen molar-refractivity contribution in [3.8, 4) is 0 Å². The normalized spacial score (nSPS) is 15.9. The molecule has 0 atom stereocenters. The Balaban J connectivity index is 2.17. The van der Waals surface area contributed by atoms with Crippen LogP contribution in [0.25, 0.3) is 0 Å². The number of hydrogen-bond donors (Lipinski definition) is 2. The lowest BCUT2D eigenvalue weighted by Crippen LogP contribution is -2.35. The van der Waals surface area contributed by atoms with Crippen molar-refractivity contribution in [3.05, 3.63) is 0 Å². The number of hydrogen-bond acceptors (Lipinski definition) is 3. The molecule has 0 radical (unpaired) electrons. The SMILES string of the molecule is CCCCN(CCC(=O)NN)C1CC1. The summed E-state index contributed by atoms with van der Waals surface area (Å²) in [6.45, 7) is 4.17. The molecular weight excluding hydrogens is 178 g/mol. The first-order valence-electron chi connectivity index (χ1n) is 5.51. The Morgan fingerprint density at radius 1 is 1.50 bits per heavy atom. The van der Waals surface area contributed by atoms with Gasteiger partial charge in [0, 0.05) is 19.0 Å². The Morgan fingerprint density at radius 2 is 2.21 bits per heavy atom. The van der Waals surface area contributed by atoms with Gasteiger partial charge in [-0.25, -0.2) is 5.84 Å². The predicted octanol–water partition coefficient (Wildman–Crippen LogP) is 0.631. The molecule has 1 fully saturated rings. The van der Waals surface area contributed by atoms with E-state index < -0.39 is 0 Å². The molecule has 0 heterocycles. The highest BCUT2D eigenvalue weighted by atomic mass is 16.2. The number of unbranched alkanes of at least 4 members (excludes halogenated alkanes) is 1. The molecule has 0 aromatic carbocycles. The van der Waals surface area contributed by atoms with E-state index in [1.165, 1.54) is 25.7 Å². The Bertz CT molecular complexity index is 180. The minimum absolute atomic E-state index is 0.0628. The molecule has 4 heteroatoms. The van der Waals surface area contributed by atoms with E-state index in [4.69, 9.17) is 5.84 Å². The van der Waals surface area contributed by atoms with E-state index in [1.54, 1.807) is 0 Å². The summed E-state index contributed by atoms with van der Waals surface area (Å²) in [5.74, 6) is 4.97. The van der Waals surface area contributed by atoms with Crippen molar-refractivity contribution < 1.29 is 4.79 Å². The van der Waals surface area contributed by atoms with Gasteiger partial charge in [0.2, 0.25) is 5.91 Å². The maximum Gasteiger partial charge on any atom is 0.235 e. The van der Waals surface area contributed by atoms with Gasteiger partial charge in [-0.1, -0.05) is 13.3 Å². The third-order valence-corrected chi connectivity index (χ3v) is 2.65. The fourth-order valence-electron chi connectivity index (χ4n) is 1.60. The molecular formula is C10H21N3O. The summed E-state index contributed by atoms with van der Waals surface area (Å²) in [5.41, 5.74) is 2.17. The van der Waals surface area contributed by atoms with Gasteiger partial charge in [-0.2, -0.15) is 0 Å². The molecule has 0 aromatic heterocycles. The number of carbonyl (C=O) groups is 1. The Kier molecular flexibility index (Phi) is 4.90. The van der Waals surface area contributed by atoms with Gasteiger partial charge < -0.3 is 0 Å². The Morgan fingerprint density at radius 3 is 2.71 bits per heavy atom. The Labute approximate surface area is 85.8 Å². The maximum absolute atomic E-state index is 11.0. The van der Waals surface area contributed by atoms with E-state index >= 15 is 0 Å². The van der Waals surface area contributed by atoms with E-state index in [2.05, 4.69) is 17.2 Å². The number of carbonyl (C=O) groups excluding carboxylic acids is 1. The molecule has 0 unspecified atom stereocenters. The van der Waals surface area contributed by atoms with Crippen LogP contribution in [0.15, 0.2) is 0 Å². The van der Waals surface area contributed by atoms with E-state index in [9.17, 15) is 4.79 Å². The van der Waals surface area contributed by atoms with E-state index in [-0.39, 0.29) is 5.91 Å².